The minimum absolute atomic E-state index is 0.408. The lowest BCUT2D eigenvalue weighted by Crippen LogP contribution is -2.29. The molecule has 0 fully saturated rings. The van der Waals surface area contributed by atoms with Crippen LogP contribution >= 0.6 is 22.7 Å². The molecule has 0 aliphatic rings. The maximum absolute atomic E-state index is 12.1. The zero-order chi connectivity index (χ0) is 16.9. The maximum Gasteiger partial charge on any atom is 0.349 e. The van der Waals surface area contributed by atoms with E-state index < -0.39 is 18.0 Å². The number of hydrogen-bond acceptors (Lipinski definition) is 6. The van der Waals surface area contributed by atoms with Crippen LogP contribution in [0.3, 0.4) is 0 Å². The van der Waals surface area contributed by atoms with Crippen LogP contribution in [0.15, 0.2) is 53.2 Å². The number of aromatic nitrogens is 1. The van der Waals surface area contributed by atoms with Crippen LogP contribution in [0.2, 0.25) is 0 Å². The fourth-order valence-electron chi connectivity index (χ4n) is 1.95. The number of rotatable bonds is 5. The Labute approximate surface area is 146 Å². The Morgan fingerprint density at radius 1 is 1.12 bits per heavy atom. The Bertz CT molecular complexity index is 829. The van der Waals surface area contributed by atoms with Crippen molar-refractivity contribution in [3.05, 3.63) is 58.1 Å². The molecule has 0 unspecified atom stereocenters. The van der Waals surface area contributed by atoms with Gasteiger partial charge >= 0.3 is 5.97 Å². The predicted octanol–water partition coefficient (Wildman–Crippen LogP) is 4.06. The SMILES string of the molecule is C[C@@H](OC(=O)c1cccs1)C(=O)Nc1nc(-c2ccccc2)cs1. The number of carbonyl (C=O) groups excluding carboxylic acids is 2. The minimum Gasteiger partial charge on any atom is -0.448 e. The number of hydrogen-bond donors (Lipinski definition) is 1. The number of nitrogens with one attached hydrogen (secondary N) is 1. The van der Waals surface area contributed by atoms with Crippen LogP contribution in [-0.4, -0.2) is 23.0 Å². The van der Waals surface area contributed by atoms with Gasteiger partial charge in [0.15, 0.2) is 11.2 Å². The summed E-state index contributed by atoms with van der Waals surface area (Å²) < 4.78 is 5.16. The Morgan fingerprint density at radius 2 is 1.92 bits per heavy atom. The summed E-state index contributed by atoms with van der Waals surface area (Å²) in [4.78, 5) is 28.9. The van der Waals surface area contributed by atoms with Crippen LogP contribution in [0.4, 0.5) is 5.13 Å². The van der Waals surface area contributed by atoms with E-state index in [-0.39, 0.29) is 0 Å². The topological polar surface area (TPSA) is 68.3 Å². The molecule has 0 radical (unpaired) electrons. The summed E-state index contributed by atoms with van der Waals surface area (Å²) in [6, 6.07) is 13.1. The van der Waals surface area contributed by atoms with E-state index in [1.165, 1.54) is 29.6 Å². The van der Waals surface area contributed by atoms with Crippen molar-refractivity contribution in [3.8, 4) is 11.3 Å². The van der Waals surface area contributed by atoms with Gasteiger partial charge in [0.2, 0.25) is 0 Å². The standard InChI is InChI=1S/C17H14N2O3S2/c1-11(22-16(21)14-8-5-9-23-14)15(20)19-17-18-13(10-24-17)12-6-3-2-4-7-12/h2-11H,1H3,(H,18,19,20)/t11-/m1/s1. The molecule has 0 spiro atoms. The smallest absolute Gasteiger partial charge is 0.349 e. The van der Waals surface area contributed by atoms with Gasteiger partial charge < -0.3 is 4.74 Å². The molecule has 3 aromatic rings. The average Bonchev–Trinajstić information content (AvgIpc) is 3.27. The molecule has 7 heteroatoms. The van der Waals surface area contributed by atoms with Crippen LogP contribution in [0.5, 0.6) is 0 Å². The number of benzene rings is 1. The molecule has 0 saturated carbocycles. The predicted molar refractivity (Wildman–Crippen MR) is 95.4 cm³/mol. The first-order valence-electron chi connectivity index (χ1n) is 7.20. The summed E-state index contributed by atoms with van der Waals surface area (Å²) in [5, 5.41) is 6.80. The molecule has 0 aliphatic carbocycles. The first kappa shape index (κ1) is 16.4. The van der Waals surface area contributed by atoms with Crippen LogP contribution in [0.25, 0.3) is 11.3 Å². The Balaban J connectivity index is 1.60. The summed E-state index contributed by atoms with van der Waals surface area (Å²) >= 11 is 2.60. The van der Waals surface area contributed by atoms with Crippen molar-refractivity contribution in [2.45, 2.75) is 13.0 Å². The molecule has 1 amide bonds. The van der Waals surface area contributed by atoms with Gasteiger partial charge in [0.05, 0.1) is 5.69 Å². The van der Waals surface area contributed by atoms with E-state index in [9.17, 15) is 9.59 Å². The van der Waals surface area contributed by atoms with Crippen molar-refractivity contribution in [2.24, 2.45) is 0 Å². The zero-order valence-corrected chi connectivity index (χ0v) is 14.4. The van der Waals surface area contributed by atoms with Gasteiger partial charge in [-0.1, -0.05) is 36.4 Å². The van der Waals surface area contributed by atoms with Crippen LogP contribution in [0.1, 0.15) is 16.6 Å². The first-order valence-corrected chi connectivity index (χ1v) is 8.95. The van der Waals surface area contributed by atoms with Crippen molar-refractivity contribution in [2.75, 3.05) is 5.32 Å². The third-order valence-electron chi connectivity index (χ3n) is 3.18. The number of ether oxygens (including phenoxy) is 1. The Hall–Kier alpha value is -2.51. The highest BCUT2D eigenvalue weighted by Crippen LogP contribution is 2.24. The fraction of sp³-hybridized carbons (Fsp3) is 0.118. The van der Waals surface area contributed by atoms with Gasteiger partial charge in [0, 0.05) is 10.9 Å². The third-order valence-corrected chi connectivity index (χ3v) is 4.79. The van der Waals surface area contributed by atoms with E-state index in [1.807, 2.05) is 35.7 Å². The van der Waals surface area contributed by atoms with Gasteiger partial charge in [-0.2, -0.15) is 0 Å². The second kappa shape index (κ2) is 7.37. The molecule has 1 N–H and O–H groups in total. The number of esters is 1. The summed E-state index contributed by atoms with van der Waals surface area (Å²) in [5.41, 5.74) is 1.77. The van der Waals surface area contributed by atoms with Gasteiger partial charge in [0.25, 0.3) is 5.91 Å². The first-order chi connectivity index (χ1) is 11.6. The van der Waals surface area contributed by atoms with Crippen LogP contribution in [0, 0.1) is 0 Å². The van der Waals surface area contributed by atoms with Gasteiger partial charge in [-0.25, -0.2) is 9.78 Å². The van der Waals surface area contributed by atoms with Crippen LogP contribution in [-0.2, 0) is 9.53 Å². The van der Waals surface area contributed by atoms with E-state index in [0.717, 1.165) is 11.3 Å². The molecule has 0 bridgehead atoms. The number of nitrogens with zero attached hydrogens (tertiary/aromatic N) is 1. The summed E-state index contributed by atoms with van der Waals surface area (Å²) in [6.07, 6.45) is -0.899. The van der Waals surface area contributed by atoms with Crippen molar-refractivity contribution in [3.63, 3.8) is 0 Å². The minimum atomic E-state index is -0.899. The van der Waals surface area contributed by atoms with Crippen LogP contribution < -0.4 is 5.32 Å². The molecular formula is C17H14N2O3S2. The van der Waals surface area contributed by atoms with E-state index in [4.69, 9.17) is 4.74 Å². The van der Waals surface area contributed by atoms with Gasteiger partial charge in [-0.15, -0.1) is 22.7 Å². The molecule has 0 saturated heterocycles. The van der Waals surface area contributed by atoms with Gasteiger partial charge in [-0.3, -0.25) is 10.1 Å². The lowest BCUT2D eigenvalue weighted by molar-refractivity contribution is -0.123. The summed E-state index contributed by atoms with van der Waals surface area (Å²) in [5.74, 6) is -0.911. The van der Waals surface area contributed by atoms with Crippen molar-refractivity contribution < 1.29 is 14.3 Å². The summed E-state index contributed by atoms with van der Waals surface area (Å²) in [7, 11) is 0. The summed E-state index contributed by atoms with van der Waals surface area (Å²) in [6.45, 7) is 1.53. The van der Waals surface area contributed by atoms with E-state index in [0.29, 0.717) is 10.0 Å². The monoisotopic (exact) mass is 358 g/mol. The molecule has 1 atom stereocenters. The lowest BCUT2D eigenvalue weighted by atomic mass is 10.2. The lowest BCUT2D eigenvalue weighted by Gasteiger charge is -2.11. The molecule has 24 heavy (non-hydrogen) atoms. The second-order valence-corrected chi connectivity index (χ2v) is 6.72. The molecule has 5 nitrogen and oxygen atoms in total. The van der Waals surface area contributed by atoms with Crippen molar-refractivity contribution in [1.82, 2.24) is 4.98 Å². The normalized spacial score (nSPS) is 11.7. The molecule has 2 aromatic heterocycles. The maximum atomic E-state index is 12.1. The average molecular weight is 358 g/mol. The molecule has 1 aromatic carbocycles. The zero-order valence-electron chi connectivity index (χ0n) is 12.8. The van der Waals surface area contributed by atoms with Crippen molar-refractivity contribution >= 4 is 39.7 Å². The molecule has 122 valence electrons. The van der Waals surface area contributed by atoms with E-state index >= 15 is 0 Å². The highest BCUT2D eigenvalue weighted by molar-refractivity contribution is 7.14. The van der Waals surface area contributed by atoms with Gasteiger partial charge in [-0.05, 0) is 18.4 Å². The molecule has 2 heterocycles. The largest absolute Gasteiger partial charge is 0.448 e. The quantitative estimate of drug-likeness (QED) is 0.699. The number of thiophene rings is 1. The van der Waals surface area contributed by atoms with E-state index in [1.54, 1.807) is 17.5 Å². The highest BCUT2D eigenvalue weighted by atomic mass is 32.1. The molecule has 0 aliphatic heterocycles. The Morgan fingerprint density at radius 3 is 2.62 bits per heavy atom. The third kappa shape index (κ3) is 3.87. The second-order valence-electron chi connectivity index (χ2n) is 4.92. The number of anilines is 1. The highest BCUT2D eigenvalue weighted by Gasteiger charge is 2.20. The molecular weight excluding hydrogens is 344 g/mol. The molecule has 3 rings (SSSR count). The van der Waals surface area contributed by atoms with E-state index in [2.05, 4.69) is 10.3 Å². The van der Waals surface area contributed by atoms with Gasteiger partial charge in [0.1, 0.15) is 4.88 Å². The fourth-order valence-corrected chi connectivity index (χ4v) is 3.27. The number of thiazole rings is 1. The Kier molecular flexibility index (Phi) is 5.02. The van der Waals surface area contributed by atoms with Crippen molar-refractivity contribution in [1.29, 1.82) is 0 Å². The number of amides is 1. The number of carbonyl (C=O) groups is 2.